The van der Waals surface area contributed by atoms with Crippen LogP contribution in [0.25, 0.3) is 0 Å². The number of nitrogens with zero attached hydrogens (tertiary/aromatic N) is 1. The van der Waals surface area contributed by atoms with Gasteiger partial charge in [-0.15, -0.1) is 0 Å². The Labute approximate surface area is 74.3 Å². The monoisotopic (exact) mass is 166 g/mol. The van der Waals surface area contributed by atoms with Crippen molar-refractivity contribution in [2.75, 3.05) is 26.2 Å². The summed E-state index contributed by atoms with van der Waals surface area (Å²) >= 11 is 0. The molecule has 2 nitrogen and oxygen atoms in total. The van der Waals surface area contributed by atoms with Crippen LogP contribution in [-0.2, 0) is 0 Å². The molecule has 2 aliphatic heterocycles. The second-order valence-corrected chi connectivity index (χ2v) is 4.91. The van der Waals surface area contributed by atoms with E-state index in [1.807, 2.05) is 0 Å². The van der Waals surface area contributed by atoms with Crippen molar-refractivity contribution >= 4 is 0 Å². The molecule has 1 N–H and O–H groups in total. The largest absolute Gasteiger partial charge is 0.315 e. The van der Waals surface area contributed by atoms with Gasteiger partial charge in [-0.1, -0.05) is 6.42 Å². The van der Waals surface area contributed by atoms with Crippen LogP contribution in [0.1, 0.15) is 25.7 Å². The maximum absolute atomic E-state index is 3.44. The highest BCUT2D eigenvalue weighted by Crippen LogP contribution is 2.48. The van der Waals surface area contributed by atoms with Crippen LogP contribution in [0, 0.1) is 5.41 Å². The van der Waals surface area contributed by atoms with Gasteiger partial charge >= 0.3 is 0 Å². The maximum Gasteiger partial charge on any atom is 0.0233 e. The molecule has 0 bridgehead atoms. The summed E-state index contributed by atoms with van der Waals surface area (Å²) in [5, 5.41) is 3.44. The van der Waals surface area contributed by atoms with Gasteiger partial charge in [0, 0.05) is 25.7 Å². The predicted molar refractivity (Wildman–Crippen MR) is 49.1 cm³/mol. The molecule has 2 heterocycles. The number of hydrogen-bond acceptors (Lipinski definition) is 2. The minimum Gasteiger partial charge on any atom is -0.315 e. The van der Waals surface area contributed by atoms with Gasteiger partial charge < -0.3 is 5.32 Å². The van der Waals surface area contributed by atoms with E-state index in [1.54, 1.807) is 0 Å². The van der Waals surface area contributed by atoms with Crippen LogP contribution < -0.4 is 5.32 Å². The highest BCUT2D eigenvalue weighted by Gasteiger charge is 2.49. The highest BCUT2D eigenvalue weighted by atomic mass is 15.3. The zero-order valence-electron chi connectivity index (χ0n) is 7.68. The number of hydrogen-bond donors (Lipinski definition) is 1. The first-order valence-electron chi connectivity index (χ1n) is 5.33. The van der Waals surface area contributed by atoms with Crippen LogP contribution in [0.4, 0.5) is 0 Å². The SMILES string of the molecule is C1CC2(C1)CN([C@@H]1CCNC1)C2. The Balaban J connectivity index is 1.54. The molecular weight excluding hydrogens is 148 g/mol. The molecule has 0 radical (unpaired) electrons. The van der Waals surface area contributed by atoms with Crippen LogP contribution in [0.2, 0.25) is 0 Å². The van der Waals surface area contributed by atoms with Crippen molar-refractivity contribution in [1.29, 1.82) is 0 Å². The Hall–Kier alpha value is -0.0800. The van der Waals surface area contributed by atoms with E-state index in [0.717, 1.165) is 11.5 Å². The van der Waals surface area contributed by atoms with E-state index in [2.05, 4.69) is 10.2 Å². The second-order valence-electron chi connectivity index (χ2n) is 4.91. The summed E-state index contributed by atoms with van der Waals surface area (Å²) in [5.41, 5.74) is 0.822. The lowest BCUT2D eigenvalue weighted by molar-refractivity contribution is -0.0789. The Bertz CT molecular complexity index is 172. The van der Waals surface area contributed by atoms with Crippen LogP contribution in [0.3, 0.4) is 0 Å². The van der Waals surface area contributed by atoms with E-state index in [9.17, 15) is 0 Å². The van der Waals surface area contributed by atoms with Crippen molar-refractivity contribution in [3.8, 4) is 0 Å². The third-order valence-corrected chi connectivity index (χ3v) is 4.04. The van der Waals surface area contributed by atoms with E-state index in [-0.39, 0.29) is 0 Å². The summed E-state index contributed by atoms with van der Waals surface area (Å²) in [7, 11) is 0. The molecule has 2 heteroatoms. The summed E-state index contributed by atoms with van der Waals surface area (Å²) in [6, 6.07) is 0.885. The van der Waals surface area contributed by atoms with Gasteiger partial charge in [-0.2, -0.15) is 0 Å². The van der Waals surface area contributed by atoms with E-state index >= 15 is 0 Å². The van der Waals surface area contributed by atoms with Crippen LogP contribution >= 0.6 is 0 Å². The Kier molecular flexibility index (Phi) is 1.50. The molecule has 12 heavy (non-hydrogen) atoms. The van der Waals surface area contributed by atoms with Crippen molar-refractivity contribution in [2.45, 2.75) is 31.7 Å². The minimum atomic E-state index is 0.822. The Morgan fingerprint density at radius 3 is 2.58 bits per heavy atom. The Morgan fingerprint density at radius 1 is 1.25 bits per heavy atom. The summed E-state index contributed by atoms with van der Waals surface area (Å²) in [5.74, 6) is 0. The van der Waals surface area contributed by atoms with Crippen LogP contribution in [0.15, 0.2) is 0 Å². The van der Waals surface area contributed by atoms with Crippen molar-refractivity contribution in [3.63, 3.8) is 0 Å². The quantitative estimate of drug-likeness (QED) is 0.621. The summed E-state index contributed by atoms with van der Waals surface area (Å²) in [6.07, 6.45) is 5.92. The lowest BCUT2D eigenvalue weighted by Crippen LogP contribution is -2.62. The molecule has 0 unspecified atom stereocenters. The minimum absolute atomic E-state index is 0.822. The average molecular weight is 166 g/mol. The van der Waals surface area contributed by atoms with Gasteiger partial charge in [-0.3, -0.25) is 4.90 Å². The molecule has 2 saturated heterocycles. The average Bonchev–Trinajstić information content (AvgIpc) is 2.32. The topological polar surface area (TPSA) is 15.3 Å². The number of likely N-dealkylation sites (tertiary alicyclic amines) is 1. The number of nitrogens with one attached hydrogen (secondary N) is 1. The third-order valence-electron chi connectivity index (χ3n) is 4.04. The molecule has 3 aliphatic rings. The van der Waals surface area contributed by atoms with E-state index in [4.69, 9.17) is 0 Å². The molecule has 1 spiro atoms. The van der Waals surface area contributed by atoms with Crippen molar-refractivity contribution in [3.05, 3.63) is 0 Å². The van der Waals surface area contributed by atoms with E-state index in [0.29, 0.717) is 0 Å². The summed E-state index contributed by atoms with van der Waals surface area (Å²) < 4.78 is 0. The molecular formula is C10H18N2. The molecule has 0 amide bonds. The standard InChI is InChI=1S/C10H18N2/c1-3-10(4-1)7-12(8-10)9-2-5-11-6-9/h9,11H,1-8H2/t9-/m1/s1. The molecule has 1 aliphatic carbocycles. The maximum atomic E-state index is 3.44. The lowest BCUT2D eigenvalue weighted by atomic mass is 9.63. The fourth-order valence-electron chi connectivity index (χ4n) is 3.02. The third kappa shape index (κ3) is 0.944. The fraction of sp³-hybridized carbons (Fsp3) is 1.00. The lowest BCUT2D eigenvalue weighted by Gasteiger charge is -2.58. The van der Waals surface area contributed by atoms with Gasteiger partial charge in [0.15, 0.2) is 0 Å². The molecule has 1 saturated carbocycles. The number of rotatable bonds is 1. The molecule has 3 fully saturated rings. The van der Waals surface area contributed by atoms with Crippen molar-refractivity contribution < 1.29 is 0 Å². The van der Waals surface area contributed by atoms with E-state index in [1.165, 1.54) is 51.9 Å². The highest BCUT2D eigenvalue weighted by molar-refractivity contribution is 5.03. The molecule has 0 aromatic heterocycles. The smallest absolute Gasteiger partial charge is 0.0233 e. The molecule has 0 aromatic carbocycles. The van der Waals surface area contributed by atoms with Gasteiger partial charge in [0.1, 0.15) is 0 Å². The van der Waals surface area contributed by atoms with E-state index < -0.39 is 0 Å². The Morgan fingerprint density at radius 2 is 2.08 bits per heavy atom. The first-order chi connectivity index (χ1) is 5.88. The second kappa shape index (κ2) is 2.46. The summed E-state index contributed by atoms with van der Waals surface area (Å²) in [4.78, 5) is 2.69. The zero-order valence-corrected chi connectivity index (χ0v) is 7.68. The molecule has 68 valence electrons. The van der Waals surface area contributed by atoms with Gasteiger partial charge in [0.2, 0.25) is 0 Å². The zero-order chi connectivity index (χ0) is 8.02. The molecule has 1 atom stereocenters. The van der Waals surface area contributed by atoms with Gasteiger partial charge in [0.05, 0.1) is 0 Å². The first kappa shape index (κ1) is 7.34. The van der Waals surface area contributed by atoms with Crippen LogP contribution in [0.5, 0.6) is 0 Å². The summed E-state index contributed by atoms with van der Waals surface area (Å²) in [6.45, 7) is 5.32. The van der Waals surface area contributed by atoms with Gasteiger partial charge in [0.25, 0.3) is 0 Å². The fourth-order valence-corrected chi connectivity index (χ4v) is 3.02. The van der Waals surface area contributed by atoms with Crippen molar-refractivity contribution in [1.82, 2.24) is 10.2 Å². The van der Waals surface area contributed by atoms with Gasteiger partial charge in [-0.05, 0) is 31.2 Å². The predicted octanol–water partition coefficient (Wildman–Crippen LogP) is 0.834. The van der Waals surface area contributed by atoms with Crippen molar-refractivity contribution in [2.24, 2.45) is 5.41 Å². The van der Waals surface area contributed by atoms with Crippen LogP contribution in [-0.4, -0.2) is 37.1 Å². The molecule has 0 aromatic rings. The van der Waals surface area contributed by atoms with Gasteiger partial charge in [-0.25, -0.2) is 0 Å². The first-order valence-corrected chi connectivity index (χ1v) is 5.33. The normalized spacial score (nSPS) is 39.5. The molecule has 3 rings (SSSR count).